The molecule has 1 atom stereocenters. The Morgan fingerprint density at radius 1 is 1.03 bits per heavy atom. The summed E-state index contributed by atoms with van der Waals surface area (Å²) in [6, 6.07) is 19.8. The highest BCUT2D eigenvalue weighted by molar-refractivity contribution is 6.35. The number of pyridine rings is 1. The molecule has 1 N–H and O–H groups in total. The van der Waals surface area contributed by atoms with Gasteiger partial charge in [0.1, 0.15) is 0 Å². The molecule has 0 unspecified atom stereocenters. The summed E-state index contributed by atoms with van der Waals surface area (Å²) >= 11 is 12.5. The maximum Gasteiger partial charge on any atom is 0.232 e. The van der Waals surface area contributed by atoms with E-state index in [1.807, 2.05) is 61.5 Å². The number of benzene rings is 3. The third kappa shape index (κ3) is 4.24. The molecule has 0 saturated carbocycles. The minimum atomic E-state index is -0.157. The maximum absolute atomic E-state index is 13.4. The lowest BCUT2D eigenvalue weighted by molar-refractivity contribution is -0.117. The molecule has 5 rings (SSSR count). The van der Waals surface area contributed by atoms with Crippen molar-refractivity contribution in [1.29, 1.82) is 0 Å². The number of carbonyl (C=O) groups excluding carboxylic acids is 1. The van der Waals surface area contributed by atoms with Gasteiger partial charge in [0.2, 0.25) is 5.91 Å². The Balaban J connectivity index is 1.57. The highest BCUT2D eigenvalue weighted by Crippen LogP contribution is 2.39. The van der Waals surface area contributed by atoms with E-state index in [-0.39, 0.29) is 11.8 Å². The van der Waals surface area contributed by atoms with E-state index in [9.17, 15) is 4.79 Å². The van der Waals surface area contributed by atoms with E-state index in [1.54, 1.807) is 12.3 Å². The first kappa shape index (κ1) is 22.7. The van der Waals surface area contributed by atoms with Crippen molar-refractivity contribution in [2.75, 3.05) is 24.3 Å². The molecule has 4 nitrogen and oxygen atoms in total. The van der Waals surface area contributed by atoms with Crippen LogP contribution in [0.15, 0.2) is 66.9 Å². The zero-order valence-corrected chi connectivity index (χ0v) is 20.6. The Kier molecular flexibility index (Phi) is 6.20. The second-order valence-corrected chi connectivity index (χ2v) is 9.78. The van der Waals surface area contributed by atoms with Gasteiger partial charge in [-0.3, -0.25) is 9.78 Å². The van der Waals surface area contributed by atoms with Gasteiger partial charge in [0.15, 0.2) is 0 Å². The van der Waals surface area contributed by atoms with Crippen LogP contribution in [0.5, 0.6) is 0 Å². The second kappa shape index (κ2) is 9.28. The molecule has 0 spiro atoms. The van der Waals surface area contributed by atoms with Gasteiger partial charge in [-0.25, -0.2) is 0 Å². The molecule has 1 aromatic heterocycles. The highest BCUT2D eigenvalue weighted by Gasteiger charge is 2.27. The first-order valence-corrected chi connectivity index (χ1v) is 12.1. The van der Waals surface area contributed by atoms with Gasteiger partial charge in [0.25, 0.3) is 0 Å². The number of nitrogens with zero attached hydrogens (tertiary/aromatic N) is 2. The number of carbonyl (C=O) groups is 1. The molecule has 0 saturated heterocycles. The molecule has 4 aromatic rings. The second-order valence-electron chi connectivity index (χ2n) is 8.91. The summed E-state index contributed by atoms with van der Waals surface area (Å²) in [4.78, 5) is 20.2. The fourth-order valence-corrected chi connectivity index (χ4v) is 5.50. The van der Waals surface area contributed by atoms with Crippen molar-refractivity contribution in [2.24, 2.45) is 0 Å². The SMILES string of the molecule is CN(C)c1c(NC(=O)[C@@H]2CCCc3ccccc32)cnc2c(-c3cc(Cl)cc(Cl)c3)cccc12. The van der Waals surface area contributed by atoms with E-state index in [2.05, 4.69) is 17.4 Å². The summed E-state index contributed by atoms with van der Waals surface area (Å²) in [7, 11) is 3.95. The highest BCUT2D eigenvalue weighted by atomic mass is 35.5. The number of amides is 1. The van der Waals surface area contributed by atoms with Crippen LogP contribution in [0.2, 0.25) is 10.0 Å². The number of para-hydroxylation sites is 1. The van der Waals surface area contributed by atoms with Gasteiger partial charge < -0.3 is 10.2 Å². The monoisotopic (exact) mass is 489 g/mol. The van der Waals surface area contributed by atoms with E-state index in [4.69, 9.17) is 28.2 Å². The predicted molar refractivity (Wildman–Crippen MR) is 142 cm³/mol. The van der Waals surface area contributed by atoms with Crippen LogP contribution in [0.1, 0.15) is 29.9 Å². The molecule has 172 valence electrons. The molecule has 34 heavy (non-hydrogen) atoms. The molecule has 1 aliphatic rings. The summed E-state index contributed by atoms with van der Waals surface area (Å²) in [5.74, 6) is -0.148. The minimum Gasteiger partial charge on any atom is -0.375 e. The van der Waals surface area contributed by atoms with Crippen molar-refractivity contribution >= 4 is 51.4 Å². The number of halogens is 2. The van der Waals surface area contributed by atoms with Crippen molar-refractivity contribution in [3.05, 3.63) is 88.0 Å². The summed E-state index contributed by atoms with van der Waals surface area (Å²) in [5, 5.41) is 5.28. The largest absolute Gasteiger partial charge is 0.375 e. The van der Waals surface area contributed by atoms with E-state index in [0.717, 1.165) is 52.5 Å². The standard InChI is InChI=1S/C28H25Cl2N3O/c1-33(2)27-24-12-6-10-22(18-13-19(29)15-20(30)14-18)26(24)31-16-25(27)32-28(34)23-11-5-8-17-7-3-4-9-21(17)23/h3-4,6-7,9-10,12-16,23H,5,8,11H2,1-2H3,(H,32,34)/t23-/m1/s1. The lowest BCUT2D eigenvalue weighted by Crippen LogP contribution is -2.26. The number of aryl methyl sites for hydroxylation is 1. The maximum atomic E-state index is 13.4. The number of fused-ring (bicyclic) bond motifs is 2. The molecule has 3 aromatic carbocycles. The molecule has 0 radical (unpaired) electrons. The summed E-state index contributed by atoms with van der Waals surface area (Å²) in [6.07, 6.45) is 4.63. The number of hydrogen-bond acceptors (Lipinski definition) is 3. The van der Waals surface area contributed by atoms with Crippen LogP contribution < -0.4 is 10.2 Å². The smallest absolute Gasteiger partial charge is 0.232 e. The van der Waals surface area contributed by atoms with Crippen LogP contribution in [0.4, 0.5) is 11.4 Å². The minimum absolute atomic E-state index is 0.00850. The van der Waals surface area contributed by atoms with Gasteiger partial charge in [-0.2, -0.15) is 0 Å². The quantitative estimate of drug-likeness (QED) is 0.326. The zero-order valence-electron chi connectivity index (χ0n) is 19.1. The average Bonchev–Trinajstić information content (AvgIpc) is 2.82. The Morgan fingerprint density at radius 2 is 1.79 bits per heavy atom. The van der Waals surface area contributed by atoms with Gasteiger partial charge >= 0.3 is 0 Å². The molecular formula is C28H25Cl2N3O. The van der Waals surface area contributed by atoms with Gasteiger partial charge in [0.05, 0.1) is 29.0 Å². The van der Waals surface area contributed by atoms with E-state index >= 15 is 0 Å². The van der Waals surface area contributed by atoms with Crippen molar-refractivity contribution in [1.82, 2.24) is 4.98 Å². The van der Waals surface area contributed by atoms with Crippen molar-refractivity contribution in [3.63, 3.8) is 0 Å². The topological polar surface area (TPSA) is 45.2 Å². The van der Waals surface area contributed by atoms with E-state index < -0.39 is 0 Å². The third-order valence-corrected chi connectivity index (χ3v) is 6.87. The predicted octanol–water partition coefficient (Wildman–Crippen LogP) is 7.33. The number of rotatable bonds is 4. The van der Waals surface area contributed by atoms with Gasteiger partial charge in [-0.1, -0.05) is 65.7 Å². The lowest BCUT2D eigenvalue weighted by atomic mass is 9.82. The lowest BCUT2D eigenvalue weighted by Gasteiger charge is -2.26. The first-order valence-electron chi connectivity index (χ1n) is 11.4. The number of nitrogens with one attached hydrogen (secondary N) is 1. The molecule has 1 heterocycles. The first-order chi connectivity index (χ1) is 16.4. The van der Waals surface area contributed by atoms with E-state index in [0.29, 0.717) is 15.7 Å². The molecular weight excluding hydrogens is 465 g/mol. The fraction of sp³-hybridized carbons (Fsp3) is 0.214. The molecule has 0 aliphatic heterocycles. The molecule has 1 aliphatic carbocycles. The Morgan fingerprint density at radius 3 is 2.56 bits per heavy atom. The number of anilines is 2. The van der Waals surface area contributed by atoms with Crippen molar-refractivity contribution in [3.8, 4) is 11.1 Å². The van der Waals surface area contributed by atoms with Crippen LogP contribution in [0.25, 0.3) is 22.0 Å². The molecule has 6 heteroatoms. The van der Waals surface area contributed by atoms with Crippen molar-refractivity contribution in [2.45, 2.75) is 25.2 Å². The number of aromatic nitrogens is 1. The van der Waals surface area contributed by atoms with Gasteiger partial charge in [0, 0.05) is 35.1 Å². The van der Waals surface area contributed by atoms with Crippen LogP contribution >= 0.6 is 23.2 Å². The normalized spacial score (nSPS) is 15.1. The van der Waals surface area contributed by atoms with Crippen LogP contribution in [-0.2, 0) is 11.2 Å². The van der Waals surface area contributed by atoms with Crippen LogP contribution in [0.3, 0.4) is 0 Å². The Labute approximate surface area is 209 Å². The van der Waals surface area contributed by atoms with Gasteiger partial charge in [-0.05, 0) is 54.2 Å². The molecule has 0 bridgehead atoms. The summed E-state index contributed by atoms with van der Waals surface area (Å²) in [5.41, 5.74) is 6.67. The summed E-state index contributed by atoms with van der Waals surface area (Å²) < 4.78 is 0. The Hall–Kier alpha value is -3.08. The average molecular weight is 490 g/mol. The van der Waals surface area contributed by atoms with Crippen LogP contribution in [0, 0.1) is 0 Å². The Bertz CT molecular complexity index is 1380. The fourth-order valence-electron chi connectivity index (χ4n) is 4.97. The summed E-state index contributed by atoms with van der Waals surface area (Å²) in [6.45, 7) is 0. The van der Waals surface area contributed by atoms with E-state index in [1.165, 1.54) is 5.56 Å². The van der Waals surface area contributed by atoms with Crippen molar-refractivity contribution < 1.29 is 4.79 Å². The van der Waals surface area contributed by atoms with Crippen LogP contribution in [-0.4, -0.2) is 25.0 Å². The third-order valence-electron chi connectivity index (χ3n) is 6.43. The molecule has 1 amide bonds. The number of hydrogen-bond donors (Lipinski definition) is 1. The zero-order chi connectivity index (χ0) is 23.8. The molecule has 0 fully saturated rings. The van der Waals surface area contributed by atoms with Gasteiger partial charge in [-0.15, -0.1) is 0 Å².